The maximum absolute atomic E-state index is 13.2. The number of ether oxygens (including phenoxy) is 5. The van der Waals surface area contributed by atoms with Gasteiger partial charge in [0.2, 0.25) is 0 Å². The fourth-order valence-corrected chi connectivity index (χ4v) is 9.54. The number of carboxylic acid groups (broad SMARTS) is 1. The van der Waals surface area contributed by atoms with E-state index in [1.807, 2.05) is 0 Å². The second-order valence-electron chi connectivity index (χ2n) is 22.0. The third kappa shape index (κ3) is 44.7. The van der Waals surface area contributed by atoms with Crippen LogP contribution in [-0.4, -0.2) is 89.2 Å². The lowest BCUT2D eigenvalue weighted by Gasteiger charge is -2.40. The Hall–Kier alpha value is -3.58. The zero-order valence-corrected chi connectivity index (χ0v) is 50.4. The van der Waals surface area contributed by atoms with Gasteiger partial charge in [-0.25, -0.2) is 4.79 Å². The molecular weight excluding hydrogens is 997 g/mol. The molecule has 0 spiro atoms. The Morgan fingerprint density at radius 3 is 1.18 bits per heavy atom. The van der Waals surface area contributed by atoms with Crippen LogP contribution in [0.3, 0.4) is 0 Å². The maximum atomic E-state index is 13.2. The van der Waals surface area contributed by atoms with E-state index in [-0.39, 0.29) is 25.9 Å². The number of aliphatic hydroxyl groups excluding tert-OH is 2. The molecular formula is C67H116O12. The van der Waals surface area contributed by atoms with Crippen molar-refractivity contribution in [1.82, 2.24) is 0 Å². The SMILES string of the molecule is CCCCC/C=C\C/C=C\CCCCCCCCCC(=O)OCC(COC1OC(C(=O)O)C(O)C(O)C1OC(=O)CCCCCCC/C=C\C/C=C\CCCCC)OC(=O)CCCCCCCCC/C=C\CCCCCCCC. The first kappa shape index (κ1) is 73.4. The van der Waals surface area contributed by atoms with Crippen LogP contribution >= 0.6 is 0 Å². The summed E-state index contributed by atoms with van der Waals surface area (Å²) >= 11 is 0. The van der Waals surface area contributed by atoms with Crippen molar-refractivity contribution in [2.75, 3.05) is 13.2 Å². The zero-order chi connectivity index (χ0) is 57.5. The maximum Gasteiger partial charge on any atom is 0.335 e. The highest BCUT2D eigenvalue weighted by atomic mass is 16.7. The molecule has 0 aromatic carbocycles. The van der Waals surface area contributed by atoms with Gasteiger partial charge >= 0.3 is 23.9 Å². The Morgan fingerprint density at radius 1 is 0.418 bits per heavy atom. The number of rotatable bonds is 55. The third-order valence-electron chi connectivity index (χ3n) is 14.5. The van der Waals surface area contributed by atoms with E-state index in [0.29, 0.717) is 19.3 Å². The highest BCUT2D eigenvalue weighted by Gasteiger charge is 2.50. The van der Waals surface area contributed by atoms with Crippen molar-refractivity contribution in [2.45, 2.75) is 327 Å². The molecule has 0 bridgehead atoms. The number of carboxylic acids is 1. The van der Waals surface area contributed by atoms with Gasteiger partial charge in [-0.1, -0.05) is 223 Å². The van der Waals surface area contributed by atoms with E-state index in [1.165, 1.54) is 116 Å². The van der Waals surface area contributed by atoms with Crippen molar-refractivity contribution < 1.29 is 58.2 Å². The van der Waals surface area contributed by atoms with Gasteiger partial charge in [0, 0.05) is 19.3 Å². The number of unbranched alkanes of at least 4 members (excludes halogenated alkanes) is 31. The summed E-state index contributed by atoms with van der Waals surface area (Å²) < 4.78 is 28.5. The Labute approximate surface area is 481 Å². The van der Waals surface area contributed by atoms with Crippen LogP contribution in [0.25, 0.3) is 0 Å². The molecule has 0 saturated carbocycles. The quantitative estimate of drug-likeness (QED) is 0.0228. The van der Waals surface area contributed by atoms with E-state index in [9.17, 15) is 34.5 Å². The highest BCUT2D eigenvalue weighted by molar-refractivity contribution is 5.74. The average molecular weight is 1110 g/mol. The number of hydrogen-bond donors (Lipinski definition) is 3. The monoisotopic (exact) mass is 1110 g/mol. The molecule has 79 heavy (non-hydrogen) atoms. The van der Waals surface area contributed by atoms with Crippen LogP contribution in [0.1, 0.15) is 290 Å². The minimum atomic E-state index is -1.91. The molecule has 0 aromatic heterocycles. The van der Waals surface area contributed by atoms with Gasteiger partial charge in [0.1, 0.15) is 18.8 Å². The van der Waals surface area contributed by atoms with Gasteiger partial charge in [-0.15, -0.1) is 0 Å². The molecule has 0 aliphatic carbocycles. The van der Waals surface area contributed by atoms with Gasteiger partial charge in [-0.3, -0.25) is 14.4 Å². The molecule has 0 aromatic rings. The molecule has 6 unspecified atom stereocenters. The first-order valence-electron chi connectivity index (χ1n) is 32.3. The standard InChI is InChI=1S/C67H116O12/c1-4-7-10-13-16-19-22-25-28-30-33-35-38-41-44-47-50-53-59(68)75-56-58(77-60(69)54-51-48-45-42-39-37-34-31-29-26-23-20-17-14-11-8-5-2)57-76-67-65(63(72)62(71)64(79-67)66(73)74)78-61(70)55-52-49-46-43-40-36-32-27-24-21-18-15-12-9-6-3/h16,18-19,21,25-29,32,58,62-65,67,71-72H,4-15,17,20,22-24,30-31,33-57H2,1-3H3,(H,73,74)/b19-16-,21-18-,28-25-,29-26-,32-27-. The van der Waals surface area contributed by atoms with E-state index in [4.69, 9.17) is 23.7 Å². The molecule has 6 atom stereocenters. The van der Waals surface area contributed by atoms with Gasteiger partial charge in [-0.2, -0.15) is 0 Å². The lowest BCUT2D eigenvalue weighted by atomic mass is 9.98. The molecule has 1 aliphatic heterocycles. The van der Waals surface area contributed by atoms with Gasteiger partial charge in [0.05, 0.1) is 6.61 Å². The molecule has 1 aliphatic rings. The van der Waals surface area contributed by atoms with E-state index in [1.54, 1.807) is 0 Å². The predicted octanol–water partition coefficient (Wildman–Crippen LogP) is 17.1. The summed E-state index contributed by atoms with van der Waals surface area (Å²) in [5, 5.41) is 31.6. The first-order valence-corrected chi connectivity index (χ1v) is 32.3. The van der Waals surface area contributed by atoms with Crippen molar-refractivity contribution in [3.63, 3.8) is 0 Å². The summed E-state index contributed by atoms with van der Waals surface area (Å²) in [5.41, 5.74) is 0. The van der Waals surface area contributed by atoms with Gasteiger partial charge in [-0.05, 0) is 109 Å². The van der Waals surface area contributed by atoms with Crippen LogP contribution in [-0.2, 0) is 42.9 Å². The van der Waals surface area contributed by atoms with E-state index >= 15 is 0 Å². The molecule has 1 fully saturated rings. The molecule has 0 amide bonds. The van der Waals surface area contributed by atoms with Gasteiger partial charge in [0.25, 0.3) is 0 Å². The lowest BCUT2D eigenvalue weighted by Crippen LogP contribution is -2.61. The minimum absolute atomic E-state index is 0.0433. The summed E-state index contributed by atoms with van der Waals surface area (Å²) in [5.74, 6) is -3.14. The molecule has 1 rings (SSSR count). The zero-order valence-electron chi connectivity index (χ0n) is 50.4. The lowest BCUT2D eigenvalue weighted by molar-refractivity contribution is -0.301. The Morgan fingerprint density at radius 2 is 0.759 bits per heavy atom. The first-order chi connectivity index (χ1) is 38.6. The highest BCUT2D eigenvalue weighted by Crippen LogP contribution is 2.27. The Balaban J connectivity index is 2.68. The molecule has 12 nitrogen and oxygen atoms in total. The van der Waals surface area contributed by atoms with E-state index in [0.717, 1.165) is 116 Å². The Bertz CT molecular complexity index is 1600. The number of aliphatic hydroxyl groups is 2. The number of carbonyl (C=O) groups is 4. The van der Waals surface area contributed by atoms with Crippen LogP contribution in [0, 0.1) is 0 Å². The topological polar surface area (TPSA) is 175 Å². The fourth-order valence-electron chi connectivity index (χ4n) is 9.54. The predicted molar refractivity (Wildman–Crippen MR) is 322 cm³/mol. The van der Waals surface area contributed by atoms with Crippen LogP contribution in [0.15, 0.2) is 60.8 Å². The normalized spacial score (nSPS) is 18.2. The number of hydrogen-bond acceptors (Lipinski definition) is 11. The van der Waals surface area contributed by atoms with Crippen LogP contribution in [0.4, 0.5) is 0 Å². The number of esters is 3. The van der Waals surface area contributed by atoms with Crippen LogP contribution in [0.2, 0.25) is 0 Å². The average Bonchev–Trinajstić information content (AvgIpc) is 3.46. The summed E-state index contributed by atoms with van der Waals surface area (Å²) in [6, 6.07) is 0. The molecule has 3 N–H and O–H groups in total. The largest absolute Gasteiger partial charge is 0.479 e. The van der Waals surface area contributed by atoms with Crippen molar-refractivity contribution in [3.05, 3.63) is 60.8 Å². The molecule has 1 saturated heterocycles. The molecule has 1 heterocycles. The smallest absolute Gasteiger partial charge is 0.335 e. The molecule has 456 valence electrons. The molecule has 0 radical (unpaired) electrons. The van der Waals surface area contributed by atoms with E-state index in [2.05, 4.69) is 81.5 Å². The van der Waals surface area contributed by atoms with E-state index < -0.39 is 67.3 Å². The second-order valence-corrected chi connectivity index (χ2v) is 22.0. The van der Waals surface area contributed by atoms with Crippen LogP contribution in [0.5, 0.6) is 0 Å². The summed E-state index contributed by atoms with van der Waals surface area (Å²) in [6.45, 7) is 5.95. The van der Waals surface area contributed by atoms with Crippen LogP contribution < -0.4 is 0 Å². The van der Waals surface area contributed by atoms with Gasteiger partial charge < -0.3 is 39.0 Å². The van der Waals surface area contributed by atoms with Crippen molar-refractivity contribution in [3.8, 4) is 0 Å². The Kier molecular flexibility index (Phi) is 51.1. The van der Waals surface area contributed by atoms with Crippen molar-refractivity contribution >= 4 is 23.9 Å². The minimum Gasteiger partial charge on any atom is -0.479 e. The van der Waals surface area contributed by atoms with Crippen molar-refractivity contribution in [2.24, 2.45) is 0 Å². The number of allylic oxidation sites excluding steroid dienone is 10. The number of carbonyl (C=O) groups excluding carboxylic acids is 3. The van der Waals surface area contributed by atoms with Crippen molar-refractivity contribution in [1.29, 1.82) is 0 Å². The van der Waals surface area contributed by atoms with Gasteiger partial charge in [0.15, 0.2) is 24.6 Å². The fraction of sp³-hybridized carbons (Fsp3) is 0.791. The summed E-state index contributed by atoms with van der Waals surface area (Å²) in [7, 11) is 0. The summed E-state index contributed by atoms with van der Waals surface area (Å²) in [6.07, 6.45) is 56.0. The third-order valence-corrected chi connectivity index (χ3v) is 14.5. The summed E-state index contributed by atoms with van der Waals surface area (Å²) in [4.78, 5) is 51.3. The number of aliphatic carboxylic acids is 1. The second kappa shape index (κ2) is 55.0. The molecule has 12 heteroatoms.